The fourth-order valence-electron chi connectivity index (χ4n) is 0.993. The second kappa shape index (κ2) is 4.77. The Balaban J connectivity index is 2.94. The van der Waals surface area contributed by atoms with Gasteiger partial charge >= 0.3 is 0 Å². The van der Waals surface area contributed by atoms with Crippen LogP contribution in [0.5, 0.6) is 5.75 Å². The SMILES string of the molecule is COc1cc(Br)ccc1CSC. The molecule has 1 rings (SSSR count). The Hall–Kier alpha value is -0.150. The van der Waals surface area contributed by atoms with E-state index >= 15 is 0 Å². The molecule has 0 saturated carbocycles. The van der Waals surface area contributed by atoms with Crippen LogP contribution in [0.3, 0.4) is 0 Å². The van der Waals surface area contributed by atoms with E-state index in [2.05, 4.69) is 28.3 Å². The van der Waals surface area contributed by atoms with E-state index in [0.29, 0.717) is 0 Å². The zero-order valence-electron chi connectivity index (χ0n) is 7.13. The molecule has 1 aromatic carbocycles. The lowest BCUT2D eigenvalue weighted by atomic mass is 10.2. The molecule has 12 heavy (non-hydrogen) atoms. The summed E-state index contributed by atoms with van der Waals surface area (Å²) in [6.45, 7) is 0. The third-order valence-electron chi connectivity index (χ3n) is 1.55. The highest BCUT2D eigenvalue weighted by Crippen LogP contribution is 2.25. The molecule has 0 spiro atoms. The molecular formula is C9H11BrOS. The molecule has 1 aromatic rings. The summed E-state index contributed by atoms with van der Waals surface area (Å²) >= 11 is 5.20. The number of hydrogen-bond acceptors (Lipinski definition) is 2. The van der Waals surface area contributed by atoms with Gasteiger partial charge in [0, 0.05) is 15.8 Å². The summed E-state index contributed by atoms with van der Waals surface area (Å²) in [5.74, 6) is 1.95. The van der Waals surface area contributed by atoms with Gasteiger partial charge in [0.15, 0.2) is 0 Å². The number of ether oxygens (including phenoxy) is 1. The van der Waals surface area contributed by atoms with Crippen molar-refractivity contribution in [1.29, 1.82) is 0 Å². The molecule has 0 amide bonds. The van der Waals surface area contributed by atoms with E-state index in [4.69, 9.17) is 4.74 Å². The van der Waals surface area contributed by atoms with Crippen LogP contribution in [0.15, 0.2) is 22.7 Å². The molecule has 3 heteroatoms. The van der Waals surface area contributed by atoms with Crippen LogP contribution in [0, 0.1) is 0 Å². The van der Waals surface area contributed by atoms with E-state index < -0.39 is 0 Å². The number of methoxy groups -OCH3 is 1. The fraction of sp³-hybridized carbons (Fsp3) is 0.333. The number of benzene rings is 1. The van der Waals surface area contributed by atoms with Crippen LogP contribution >= 0.6 is 27.7 Å². The second-order valence-electron chi connectivity index (χ2n) is 2.39. The molecule has 0 aliphatic rings. The zero-order chi connectivity index (χ0) is 8.97. The van der Waals surface area contributed by atoms with Crippen molar-refractivity contribution in [3.8, 4) is 5.75 Å². The smallest absolute Gasteiger partial charge is 0.124 e. The maximum atomic E-state index is 5.24. The molecule has 0 fully saturated rings. The third kappa shape index (κ3) is 2.42. The largest absolute Gasteiger partial charge is 0.496 e. The van der Waals surface area contributed by atoms with Crippen LogP contribution in [0.4, 0.5) is 0 Å². The van der Waals surface area contributed by atoms with E-state index in [0.717, 1.165) is 16.0 Å². The van der Waals surface area contributed by atoms with Gasteiger partial charge in [0.2, 0.25) is 0 Å². The van der Waals surface area contributed by atoms with Crippen molar-refractivity contribution in [2.45, 2.75) is 5.75 Å². The quantitative estimate of drug-likeness (QED) is 0.810. The first-order valence-electron chi connectivity index (χ1n) is 3.59. The Morgan fingerprint density at radius 1 is 1.50 bits per heavy atom. The molecule has 0 bridgehead atoms. The first kappa shape index (κ1) is 9.93. The van der Waals surface area contributed by atoms with Gasteiger partial charge in [-0.25, -0.2) is 0 Å². The Kier molecular flexibility index (Phi) is 3.95. The molecule has 0 saturated heterocycles. The number of thioether (sulfide) groups is 1. The van der Waals surface area contributed by atoms with Crippen molar-refractivity contribution in [3.63, 3.8) is 0 Å². The zero-order valence-corrected chi connectivity index (χ0v) is 9.54. The van der Waals surface area contributed by atoms with E-state index in [-0.39, 0.29) is 0 Å². The average molecular weight is 247 g/mol. The lowest BCUT2D eigenvalue weighted by Gasteiger charge is -2.06. The van der Waals surface area contributed by atoms with Crippen molar-refractivity contribution in [1.82, 2.24) is 0 Å². The van der Waals surface area contributed by atoms with Crippen LogP contribution in [0.1, 0.15) is 5.56 Å². The lowest BCUT2D eigenvalue weighted by Crippen LogP contribution is -1.89. The molecule has 66 valence electrons. The molecule has 0 aliphatic carbocycles. The summed E-state index contributed by atoms with van der Waals surface area (Å²) in [4.78, 5) is 0. The highest BCUT2D eigenvalue weighted by atomic mass is 79.9. The Morgan fingerprint density at radius 2 is 2.25 bits per heavy atom. The standard InChI is InChI=1S/C9H11BrOS/c1-11-9-5-8(10)4-3-7(9)6-12-2/h3-5H,6H2,1-2H3. The molecule has 0 aromatic heterocycles. The lowest BCUT2D eigenvalue weighted by molar-refractivity contribution is 0.411. The van der Waals surface area contributed by atoms with Crippen LogP contribution in [-0.2, 0) is 5.75 Å². The Labute approximate surface area is 85.6 Å². The highest BCUT2D eigenvalue weighted by Gasteiger charge is 2.01. The Bertz CT molecular complexity index is 263. The molecule has 0 aliphatic heterocycles. The van der Waals surface area contributed by atoms with Gasteiger partial charge in [0.25, 0.3) is 0 Å². The molecule has 0 unspecified atom stereocenters. The van der Waals surface area contributed by atoms with Crippen molar-refractivity contribution >= 4 is 27.7 Å². The maximum absolute atomic E-state index is 5.24. The summed E-state index contributed by atoms with van der Waals surface area (Å²) in [7, 11) is 1.70. The summed E-state index contributed by atoms with van der Waals surface area (Å²) in [6.07, 6.45) is 2.08. The number of halogens is 1. The van der Waals surface area contributed by atoms with Crippen molar-refractivity contribution in [2.24, 2.45) is 0 Å². The predicted molar refractivity (Wildman–Crippen MR) is 57.9 cm³/mol. The summed E-state index contributed by atoms with van der Waals surface area (Å²) in [5, 5.41) is 0. The normalized spacial score (nSPS) is 9.92. The minimum absolute atomic E-state index is 0.957. The van der Waals surface area contributed by atoms with Gasteiger partial charge < -0.3 is 4.74 Å². The van der Waals surface area contributed by atoms with Crippen LogP contribution in [0.25, 0.3) is 0 Å². The molecule has 0 radical (unpaired) electrons. The van der Waals surface area contributed by atoms with Gasteiger partial charge in [-0.15, -0.1) is 0 Å². The van der Waals surface area contributed by atoms with Crippen molar-refractivity contribution in [3.05, 3.63) is 28.2 Å². The van der Waals surface area contributed by atoms with Crippen LogP contribution in [-0.4, -0.2) is 13.4 Å². The maximum Gasteiger partial charge on any atom is 0.124 e. The molecule has 0 N–H and O–H groups in total. The van der Waals surface area contributed by atoms with Crippen molar-refractivity contribution < 1.29 is 4.74 Å². The first-order valence-corrected chi connectivity index (χ1v) is 5.78. The van der Waals surface area contributed by atoms with E-state index in [1.807, 2.05) is 12.1 Å². The third-order valence-corrected chi connectivity index (χ3v) is 2.64. The van der Waals surface area contributed by atoms with Gasteiger partial charge in [0.1, 0.15) is 5.75 Å². The highest BCUT2D eigenvalue weighted by molar-refractivity contribution is 9.10. The number of rotatable bonds is 3. The van der Waals surface area contributed by atoms with Crippen LogP contribution in [0.2, 0.25) is 0 Å². The fourth-order valence-corrected chi connectivity index (χ4v) is 1.88. The summed E-state index contributed by atoms with van der Waals surface area (Å²) in [6, 6.07) is 6.11. The van der Waals surface area contributed by atoms with Gasteiger partial charge in [0.05, 0.1) is 7.11 Å². The Morgan fingerprint density at radius 3 is 2.83 bits per heavy atom. The second-order valence-corrected chi connectivity index (χ2v) is 4.17. The molecule has 0 heterocycles. The molecule has 0 atom stereocenters. The predicted octanol–water partition coefficient (Wildman–Crippen LogP) is 3.32. The minimum Gasteiger partial charge on any atom is -0.496 e. The van der Waals surface area contributed by atoms with Crippen molar-refractivity contribution in [2.75, 3.05) is 13.4 Å². The first-order chi connectivity index (χ1) is 5.77. The van der Waals surface area contributed by atoms with Gasteiger partial charge in [-0.05, 0) is 18.4 Å². The van der Waals surface area contributed by atoms with Gasteiger partial charge in [-0.1, -0.05) is 22.0 Å². The molecular weight excluding hydrogens is 236 g/mol. The van der Waals surface area contributed by atoms with Gasteiger partial charge in [-0.2, -0.15) is 11.8 Å². The molecule has 1 nitrogen and oxygen atoms in total. The van der Waals surface area contributed by atoms with E-state index in [1.165, 1.54) is 5.56 Å². The van der Waals surface area contributed by atoms with Crippen LogP contribution < -0.4 is 4.74 Å². The monoisotopic (exact) mass is 246 g/mol. The summed E-state index contributed by atoms with van der Waals surface area (Å²) in [5.41, 5.74) is 1.24. The van der Waals surface area contributed by atoms with E-state index in [9.17, 15) is 0 Å². The topological polar surface area (TPSA) is 9.23 Å². The number of hydrogen-bond donors (Lipinski definition) is 0. The average Bonchev–Trinajstić information content (AvgIpc) is 2.08. The minimum atomic E-state index is 0.957. The van der Waals surface area contributed by atoms with E-state index in [1.54, 1.807) is 18.9 Å². The van der Waals surface area contributed by atoms with Gasteiger partial charge in [-0.3, -0.25) is 0 Å². The summed E-state index contributed by atoms with van der Waals surface area (Å²) < 4.78 is 6.29.